The van der Waals surface area contributed by atoms with Gasteiger partial charge in [-0.2, -0.15) is 0 Å². The molecule has 0 aliphatic carbocycles. The van der Waals surface area contributed by atoms with Gasteiger partial charge in [0.2, 0.25) is 0 Å². The first kappa shape index (κ1) is 14.7. The topological polar surface area (TPSA) is 51.8 Å². The molecule has 0 unspecified atom stereocenters. The van der Waals surface area contributed by atoms with Crippen molar-refractivity contribution in [3.8, 4) is 11.3 Å². The molecule has 0 spiro atoms. The molecule has 0 bridgehead atoms. The predicted octanol–water partition coefficient (Wildman–Crippen LogP) is 3.15. The largest absolute Gasteiger partial charge is 0.330 e. The Morgan fingerprint density at radius 2 is 1.80 bits per heavy atom. The smallest absolute Gasteiger partial charge is 0.130 e. The van der Waals surface area contributed by atoms with E-state index in [2.05, 4.69) is 48.1 Å². The maximum atomic E-state index is 5.59. The number of nitrogens with zero attached hydrogens (tertiary/aromatic N) is 2. The van der Waals surface area contributed by atoms with Gasteiger partial charge in [0.1, 0.15) is 5.82 Å². The summed E-state index contributed by atoms with van der Waals surface area (Å²) in [7, 11) is 0. The second-order valence-corrected chi connectivity index (χ2v) is 5.64. The van der Waals surface area contributed by atoms with Crippen molar-refractivity contribution in [1.29, 1.82) is 0 Å². The fraction of sp³-hybridized carbons (Fsp3) is 0.412. The van der Waals surface area contributed by atoms with E-state index in [9.17, 15) is 0 Å². The van der Waals surface area contributed by atoms with Crippen molar-refractivity contribution < 1.29 is 0 Å². The van der Waals surface area contributed by atoms with Crippen molar-refractivity contribution in [2.75, 3.05) is 6.54 Å². The zero-order valence-corrected chi connectivity index (χ0v) is 12.6. The summed E-state index contributed by atoms with van der Waals surface area (Å²) < 4.78 is 0. The number of rotatable bonds is 5. The highest BCUT2D eigenvalue weighted by molar-refractivity contribution is 5.59. The zero-order chi connectivity index (χ0) is 14.5. The lowest BCUT2D eigenvalue weighted by atomic mass is 10.0. The van der Waals surface area contributed by atoms with Crippen LogP contribution in [-0.4, -0.2) is 16.5 Å². The fourth-order valence-electron chi connectivity index (χ4n) is 2.30. The molecule has 0 aliphatic heterocycles. The van der Waals surface area contributed by atoms with Crippen LogP contribution in [-0.2, 0) is 12.8 Å². The number of hydrogen-bond donors (Lipinski definition) is 1. The molecule has 0 amide bonds. The van der Waals surface area contributed by atoms with Crippen LogP contribution in [0.1, 0.15) is 30.9 Å². The molecule has 2 aromatic rings. The first-order valence-corrected chi connectivity index (χ1v) is 7.22. The van der Waals surface area contributed by atoms with Gasteiger partial charge in [0.15, 0.2) is 0 Å². The van der Waals surface area contributed by atoms with E-state index in [4.69, 9.17) is 5.73 Å². The molecule has 2 rings (SSSR count). The molecule has 0 saturated carbocycles. The molecule has 3 heteroatoms. The lowest BCUT2D eigenvalue weighted by Gasteiger charge is -2.08. The summed E-state index contributed by atoms with van der Waals surface area (Å²) in [6, 6.07) is 10.7. The summed E-state index contributed by atoms with van der Waals surface area (Å²) in [5.74, 6) is 1.51. The number of nitrogens with two attached hydrogens (primary N) is 1. The molecule has 0 aliphatic rings. The Morgan fingerprint density at radius 3 is 2.40 bits per heavy atom. The molecule has 1 aromatic carbocycles. The van der Waals surface area contributed by atoms with Crippen LogP contribution in [0.4, 0.5) is 0 Å². The van der Waals surface area contributed by atoms with E-state index < -0.39 is 0 Å². The Kier molecular flexibility index (Phi) is 4.85. The highest BCUT2D eigenvalue weighted by atomic mass is 14.9. The third-order valence-electron chi connectivity index (χ3n) is 3.16. The van der Waals surface area contributed by atoms with E-state index in [1.165, 1.54) is 5.56 Å². The summed E-state index contributed by atoms with van der Waals surface area (Å²) in [6.45, 7) is 7.05. The van der Waals surface area contributed by atoms with Crippen molar-refractivity contribution in [1.82, 2.24) is 9.97 Å². The average Bonchev–Trinajstić information content (AvgIpc) is 2.38. The lowest BCUT2D eigenvalue weighted by Crippen LogP contribution is -2.07. The Balaban J connectivity index is 2.26. The number of benzene rings is 1. The van der Waals surface area contributed by atoms with E-state index in [1.807, 2.05) is 13.0 Å². The maximum absolute atomic E-state index is 5.59. The fourth-order valence-corrected chi connectivity index (χ4v) is 2.30. The van der Waals surface area contributed by atoms with E-state index in [1.54, 1.807) is 0 Å². The van der Waals surface area contributed by atoms with Crippen LogP contribution < -0.4 is 5.73 Å². The SMILES string of the molecule is Cc1cc(-c2ccc(CC(C)C)cc2)nc(CCN)n1. The summed E-state index contributed by atoms with van der Waals surface area (Å²) >= 11 is 0. The van der Waals surface area contributed by atoms with Gasteiger partial charge in [0.05, 0.1) is 5.69 Å². The van der Waals surface area contributed by atoms with Gasteiger partial charge in [-0.05, 0) is 37.4 Å². The van der Waals surface area contributed by atoms with Crippen molar-refractivity contribution in [2.45, 2.75) is 33.6 Å². The zero-order valence-electron chi connectivity index (χ0n) is 12.6. The summed E-state index contributed by atoms with van der Waals surface area (Å²) in [6.07, 6.45) is 1.83. The second-order valence-electron chi connectivity index (χ2n) is 5.64. The Labute approximate surface area is 121 Å². The molecule has 0 fully saturated rings. The normalized spacial score (nSPS) is 11.1. The van der Waals surface area contributed by atoms with E-state index in [0.717, 1.165) is 35.6 Å². The highest BCUT2D eigenvalue weighted by Crippen LogP contribution is 2.19. The monoisotopic (exact) mass is 269 g/mol. The van der Waals surface area contributed by atoms with E-state index in [0.29, 0.717) is 12.5 Å². The van der Waals surface area contributed by atoms with Gasteiger partial charge in [0.25, 0.3) is 0 Å². The quantitative estimate of drug-likeness (QED) is 0.907. The molecule has 20 heavy (non-hydrogen) atoms. The summed E-state index contributed by atoms with van der Waals surface area (Å²) in [4.78, 5) is 9.01. The average molecular weight is 269 g/mol. The molecule has 0 saturated heterocycles. The molecule has 1 heterocycles. The van der Waals surface area contributed by atoms with Crippen LogP contribution in [0.3, 0.4) is 0 Å². The van der Waals surface area contributed by atoms with Gasteiger partial charge >= 0.3 is 0 Å². The molecule has 0 atom stereocenters. The maximum Gasteiger partial charge on any atom is 0.130 e. The van der Waals surface area contributed by atoms with Gasteiger partial charge < -0.3 is 5.73 Å². The molecule has 2 N–H and O–H groups in total. The van der Waals surface area contributed by atoms with Gasteiger partial charge in [-0.15, -0.1) is 0 Å². The van der Waals surface area contributed by atoms with Gasteiger partial charge in [-0.25, -0.2) is 9.97 Å². The van der Waals surface area contributed by atoms with Crippen LogP contribution in [0.5, 0.6) is 0 Å². The number of aromatic nitrogens is 2. The predicted molar refractivity (Wildman–Crippen MR) is 83.5 cm³/mol. The molecule has 106 valence electrons. The van der Waals surface area contributed by atoms with Crippen molar-refractivity contribution in [2.24, 2.45) is 11.7 Å². The van der Waals surface area contributed by atoms with E-state index >= 15 is 0 Å². The van der Waals surface area contributed by atoms with Gasteiger partial charge in [-0.1, -0.05) is 38.1 Å². The van der Waals surface area contributed by atoms with Gasteiger partial charge in [-0.3, -0.25) is 0 Å². The number of hydrogen-bond acceptors (Lipinski definition) is 3. The van der Waals surface area contributed by atoms with Crippen molar-refractivity contribution in [3.63, 3.8) is 0 Å². The lowest BCUT2D eigenvalue weighted by molar-refractivity contribution is 0.647. The molecular formula is C17H23N3. The van der Waals surface area contributed by atoms with E-state index in [-0.39, 0.29) is 0 Å². The van der Waals surface area contributed by atoms with Crippen LogP contribution >= 0.6 is 0 Å². The molecule has 1 aromatic heterocycles. The first-order valence-electron chi connectivity index (χ1n) is 7.22. The third kappa shape index (κ3) is 3.87. The third-order valence-corrected chi connectivity index (χ3v) is 3.16. The van der Waals surface area contributed by atoms with Crippen molar-refractivity contribution >= 4 is 0 Å². The molecular weight excluding hydrogens is 246 g/mol. The standard InChI is InChI=1S/C17H23N3/c1-12(2)10-14-4-6-15(7-5-14)16-11-13(3)19-17(20-16)8-9-18/h4-7,11-12H,8-10,18H2,1-3H3. The molecule has 3 nitrogen and oxygen atoms in total. The van der Waals surface area contributed by atoms with Gasteiger partial charge in [0, 0.05) is 17.7 Å². The second kappa shape index (κ2) is 6.62. The van der Waals surface area contributed by atoms with Crippen LogP contribution in [0.15, 0.2) is 30.3 Å². The number of aryl methyl sites for hydroxylation is 1. The van der Waals surface area contributed by atoms with Crippen LogP contribution in [0, 0.1) is 12.8 Å². The minimum Gasteiger partial charge on any atom is -0.330 e. The summed E-state index contributed by atoms with van der Waals surface area (Å²) in [5, 5.41) is 0. The Hall–Kier alpha value is -1.74. The Morgan fingerprint density at radius 1 is 1.10 bits per heavy atom. The molecule has 0 radical (unpaired) electrons. The van der Waals surface area contributed by atoms with Crippen molar-refractivity contribution in [3.05, 3.63) is 47.4 Å². The minimum atomic E-state index is 0.580. The van der Waals surface area contributed by atoms with Crippen LogP contribution in [0.2, 0.25) is 0 Å². The highest BCUT2D eigenvalue weighted by Gasteiger charge is 2.05. The first-order chi connectivity index (χ1) is 9.58. The van der Waals surface area contributed by atoms with Crippen LogP contribution in [0.25, 0.3) is 11.3 Å². The Bertz CT molecular complexity index is 559. The minimum absolute atomic E-state index is 0.580. The summed E-state index contributed by atoms with van der Waals surface area (Å²) in [5.41, 5.74) is 10.1.